The lowest BCUT2D eigenvalue weighted by atomic mass is 10.1. The molecule has 3 aromatic rings. The maximum atomic E-state index is 12.3. The Hall–Kier alpha value is -3.06. The van der Waals surface area contributed by atoms with Crippen molar-refractivity contribution in [3.05, 3.63) is 53.9 Å². The first kappa shape index (κ1) is 17.8. The number of hydrogen-bond acceptors (Lipinski definition) is 6. The lowest BCUT2D eigenvalue weighted by Crippen LogP contribution is -2.20. The number of amides is 1. The monoisotopic (exact) mass is 369 g/mol. The third-order valence-corrected chi connectivity index (χ3v) is 4.18. The predicted octanol–water partition coefficient (Wildman–Crippen LogP) is 3.81. The van der Waals surface area contributed by atoms with Gasteiger partial charge in [-0.3, -0.25) is 4.79 Å². The summed E-state index contributed by atoms with van der Waals surface area (Å²) in [6.45, 7) is 2.29. The summed E-state index contributed by atoms with van der Waals surface area (Å²) in [5.41, 5.74) is 7.84. The smallest absolute Gasteiger partial charge is 0.262 e. The molecule has 0 aliphatic rings. The van der Waals surface area contributed by atoms with E-state index in [0.717, 1.165) is 11.3 Å². The summed E-state index contributed by atoms with van der Waals surface area (Å²) >= 11 is 1.36. The van der Waals surface area contributed by atoms with Crippen LogP contribution < -0.4 is 20.5 Å². The molecular weight excluding hydrogens is 350 g/mol. The lowest BCUT2D eigenvalue weighted by Gasteiger charge is -2.13. The first-order valence-corrected chi connectivity index (χ1v) is 9.00. The van der Waals surface area contributed by atoms with E-state index in [-0.39, 0.29) is 12.5 Å². The van der Waals surface area contributed by atoms with E-state index in [1.165, 1.54) is 11.3 Å². The van der Waals surface area contributed by atoms with Crippen molar-refractivity contribution in [3.8, 4) is 22.8 Å². The lowest BCUT2D eigenvalue weighted by molar-refractivity contribution is -0.118. The van der Waals surface area contributed by atoms with Gasteiger partial charge in [0.05, 0.1) is 18.0 Å². The number of ether oxygens (including phenoxy) is 2. The van der Waals surface area contributed by atoms with Gasteiger partial charge in [-0.15, -0.1) is 11.3 Å². The van der Waals surface area contributed by atoms with Crippen LogP contribution in [0.4, 0.5) is 10.8 Å². The Labute approximate surface area is 155 Å². The van der Waals surface area contributed by atoms with Gasteiger partial charge in [-0.25, -0.2) is 4.98 Å². The molecule has 1 aromatic heterocycles. The second kappa shape index (κ2) is 8.35. The highest BCUT2D eigenvalue weighted by molar-refractivity contribution is 7.13. The fraction of sp³-hybridized carbons (Fsp3) is 0.158. The van der Waals surface area contributed by atoms with E-state index in [4.69, 9.17) is 15.2 Å². The molecule has 0 atom stereocenters. The largest absolute Gasteiger partial charge is 0.492 e. The maximum Gasteiger partial charge on any atom is 0.262 e. The minimum atomic E-state index is -0.273. The van der Waals surface area contributed by atoms with Gasteiger partial charge in [-0.2, -0.15) is 0 Å². The molecule has 0 fully saturated rings. The SMILES string of the molecule is CCOc1ccccc1NC(=O)COc1ccccc1-c1csc(N)n1. The van der Waals surface area contributed by atoms with Crippen LogP contribution in [0.25, 0.3) is 11.3 Å². The zero-order chi connectivity index (χ0) is 18.4. The van der Waals surface area contributed by atoms with Crippen LogP contribution in [0.2, 0.25) is 0 Å². The summed E-state index contributed by atoms with van der Waals surface area (Å²) in [6.07, 6.45) is 0. The zero-order valence-electron chi connectivity index (χ0n) is 14.3. The van der Waals surface area contributed by atoms with Crippen LogP contribution in [0.3, 0.4) is 0 Å². The fourth-order valence-electron chi connectivity index (χ4n) is 2.40. The average Bonchev–Trinajstić information content (AvgIpc) is 3.08. The molecule has 0 bridgehead atoms. The predicted molar refractivity (Wildman–Crippen MR) is 104 cm³/mol. The van der Waals surface area contributed by atoms with Gasteiger partial charge in [0, 0.05) is 10.9 Å². The highest BCUT2D eigenvalue weighted by Crippen LogP contribution is 2.31. The number of nitrogen functional groups attached to an aromatic ring is 1. The molecule has 0 aliphatic carbocycles. The van der Waals surface area contributed by atoms with Crippen molar-refractivity contribution in [3.63, 3.8) is 0 Å². The fourth-order valence-corrected chi connectivity index (χ4v) is 2.96. The van der Waals surface area contributed by atoms with Crippen molar-refractivity contribution in [2.75, 3.05) is 24.3 Å². The van der Waals surface area contributed by atoms with Crippen molar-refractivity contribution < 1.29 is 14.3 Å². The second-order valence-electron chi connectivity index (χ2n) is 5.33. The Morgan fingerprint density at radius 1 is 1.12 bits per heavy atom. The number of thiazole rings is 1. The van der Waals surface area contributed by atoms with Crippen LogP contribution in [0, 0.1) is 0 Å². The number of nitrogens with two attached hydrogens (primary N) is 1. The molecule has 7 heteroatoms. The Morgan fingerprint density at radius 2 is 1.85 bits per heavy atom. The molecule has 0 unspecified atom stereocenters. The number of aromatic nitrogens is 1. The van der Waals surface area contributed by atoms with Crippen LogP contribution in [-0.2, 0) is 4.79 Å². The van der Waals surface area contributed by atoms with Crippen LogP contribution in [0.5, 0.6) is 11.5 Å². The molecule has 1 amide bonds. The van der Waals surface area contributed by atoms with E-state index in [1.807, 2.05) is 48.7 Å². The molecule has 3 N–H and O–H groups in total. The molecule has 0 aliphatic heterocycles. The summed E-state index contributed by atoms with van der Waals surface area (Å²) in [4.78, 5) is 16.5. The Balaban J connectivity index is 1.67. The number of anilines is 2. The summed E-state index contributed by atoms with van der Waals surface area (Å²) < 4.78 is 11.2. The number of benzene rings is 2. The molecule has 0 saturated carbocycles. The minimum Gasteiger partial charge on any atom is -0.492 e. The van der Waals surface area contributed by atoms with E-state index in [9.17, 15) is 4.79 Å². The van der Waals surface area contributed by atoms with Crippen molar-refractivity contribution >= 4 is 28.1 Å². The van der Waals surface area contributed by atoms with E-state index in [0.29, 0.717) is 28.9 Å². The van der Waals surface area contributed by atoms with Crippen LogP contribution >= 0.6 is 11.3 Å². The standard InChI is InChI=1S/C19H19N3O3S/c1-2-24-17-10-6-4-8-14(17)21-18(23)11-25-16-9-5-3-7-13(16)15-12-26-19(20)22-15/h3-10,12H,2,11H2,1H3,(H2,20,22)(H,21,23). The molecule has 1 heterocycles. The third kappa shape index (κ3) is 4.31. The molecule has 3 rings (SSSR count). The van der Waals surface area contributed by atoms with Gasteiger partial charge in [-0.05, 0) is 31.2 Å². The Bertz CT molecular complexity index is 895. The highest BCUT2D eigenvalue weighted by atomic mass is 32.1. The molecule has 6 nitrogen and oxygen atoms in total. The highest BCUT2D eigenvalue weighted by Gasteiger charge is 2.12. The first-order valence-electron chi connectivity index (χ1n) is 8.12. The second-order valence-corrected chi connectivity index (χ2v) is 6.22. The zero-order valence-corrected chi connectivity index (χ0v) is 15.1. The van der Waals surface area contributed by atoms with Gasteiger partial charge in [-0.1, -0.05) is 24.3 Å². The number of para-hydroxylation sites is 3. The quantitative estimate of drug-likeness (QED) is 0.661. The number of hydrogen-bond donors (Lipinski definition) is 2. The van der Waals surface area contributed by atoms with Crippen LogP contribution in [-0.4, -0.2) is 24.1 Å². The van der Waals surface area contributed by atoms with Crippen molar-refractivity contribution in [2.24, 2.45) is 0 Å². The molecular formula is C19H19N3O3S. The summed E-state index contributed by atoms with van der Waals surface area (Å²) in [5, 5.41) is 5.15. The first-order chi connectivity index (χ1) is 12.7. The normalized spacial score (nSPS) is 10.3. The molecule has 0 saturated heterocycles. The number of nitrogens with one attached hydrogen (secondary N) is 1. The molecule has 26 heavy (non-hydrogen) atoms. The van der Waals surface area contributed by atoms with Gasteiger partial charge < -0.3 is 20.5 Å². The minimum absolute atomic E-state index is 0.128. The molecule has 0 radical (unpaired) electrons. The maximum absolute atomic E-state index is 12.3. The van der Waals surface area contributed by atoms with E-state index in [1.54, 1.807) is 12.1 Å². The number of carbonyl (C=O) groups excluding carboxylic acids is 1. The summed E-state index contributed by atoms with van der Waals surface area (Å²) in [6, 6.07) is 14.7. The van der Waals surface area contributed by atoms with Gasteiger partial charge in [0.15, 0.2) is 11.7 Å². The van der Waals surface area contributed by atoms with Crippen LogP contribution in [0.1, 0.15) is 6.92 Å². The van der Waals surface area contributed by atoms with Gasteiger partial charge in [0.2, 0.25) is 0 Å². The van der Waals surface area contributed by atoms with E-state index >= 15 is 0 Å². The van der Waals surface area contributed by atoms with Gasteiger partial charge in [0.25, 0.3) is 5.91 Å². The van der Waals surface area contributed by atoms with Crippen molar-refractivity contribution in [2.45, 2.75) is 6.92 Å². The molecule has 134 valence electrons. The van der Waals surface area contributed by atoms with Gasteiger partial charge >= 0.3 is 0 Å². The topological polar surface area (TPSA) is 86.5 Å². The number of rotatable bonds is 7. The molecule has 0 spiro atoms. The average molecular weight is 369 g/mol. The van der Waals surface area contributed by atoms with E-state index < -0.39 is 0 Å². The van der Waals surface area contributed by atoms with Crippen molar-refractivity contribution in [1.82, 2.24) is 4.98 Å². The van der Waals surface area contributed by atoms with Gasteiger partial charge in [0.1, 0.15) is 11.5 Å². The number of carbonyl (C=O) groups is 1. The Kier molecular flexibility index (Phi) is 5.70. The third-order valence-electron chi connectivity index (χ3n) is 3.50. The molecule has 2 aromatic carbocycles. The van der Waals surface area contributed by atoms with Crippen molar-refractivity contribution in [1.29, 1.82) is 0 Å². The Morgan fingerprint density at radius 3 is 2.58 bits per heavy atom. The van der Waals surface area contributed by atoms with Crippen LogP contribution in [0.15, 0.2) is 53.9 Å². The van der Waals surface area contributed by atoms with E-state index in [2.05, 4.69) is 10.3 Å². The number of nitrogens with zero attached hydrogens (tertiary/aromatic N) is 1. The summed E-state index contributed by atoms with van der Waals surface area (Å²) in [5.74, 6) is 0.928. The summed E-state index contributed by atoms with van der Waals surface area (Å²) in [7, 11) is 0.